The molecule has 2 atom stereocenters. The zero-order valence-corrected chi connectivity index (χ0v) is 18.1. The number of halogens is 5. The molecule has 0 saturated carbocycles. The summed E-state index contributed by atoms with van der Waals surface area (Å²) < 4.78 is 42.3. The third-order valence-corrected chi connectivity index (χ3v) is 5.71. The van der Waals surface area contributed by atoms with Gasteiger partial charge in [0.05, 0.1) is 18.0 Å². The molecule has 32 heavy (non-hydrogen) atoms. The minimum Gasteiger partial charge on any atom is -0.376 e. The molecule has 1 fully saturated rings. The summed E-state index contributed by atoms with van der Waals surface area (Å²) in [5.74, 6) is -0.388. The molecule has 0 aliphatic carbocycles. The van der Waals surface area contributed by atoms with Crippen molar-refractivity contribution in [2.45, 2.75) is 31.1 Å². The number of likely N-dealkylation sites (tertiary alicyclic amines) is 1. The van der Waals surface area contributed by atoms with E-state index < -0.39 is 24.2 Å². The van der Waals surface area contributed by atoms with Crippen molar-refractivity contribution < 1.29 is 18.0 Å². The van der Waals surface area contributed by atoms with Crippen LogP contribution in [0.25, 0.3) is 11.0 Å². The Morgan fingerprint density at radius 1 is 1.22 bits per heavy atom. The second kappa shape index (κ2) is 9.03. The van der Waals surface area contributed by atoms with Crippen molar-refractivity contribution in [1.82, 2.24) is 19.9 Å². The molecule has 0 spiro atoms. The summed E-state index contributed by atoms with van der Waals surface area (Å²) in [7, 11) is 0. The predicted molar refractivity (Wildman–Crippen MR) is 117 cm³/mol. The van der Waals surface area contributed by atoms with Gasteiger partial charge in [0, 0.05) is 28.5 Å². The van der Waals surface area contributed by atoms with Crippen molar-refractivity contribution >= 4 is 51.6 Å². The zero-order chi connectivity index (χ0) is 22.9. The highest BCUT2D eigenvalue weighted by Crippen LogP contribution is 2.34. The van der Waals surface area contributed by atoms with Gasteiger partial charge in [-0.15, -0.1) is 0 Å². The van der Waals surface area contributed by atoms with Crippen molar-refractivity contribution in [1.29, 1.82) is 0 Å². The van der Waals surface area contributed by atoms with Crippen molar-refractivity contribution in [3.05, 3.63) is 46.8 Å². The summed E-state index contributed by atoms with van der Waals surface area (Å²) in [5, 5.41) is 6.99. The Kier molecular flexibility index (Phi) is 6.34. The molecule has 1 aliphatic heterocycles. The third-order valence-electron chi connectivity index (χ3n) is 5.27. The molecule has 7 nitrogen and oxygen atoms in total. The number of carbonyl (C=O) groups is 1. The molecule has 1 aromatic carbocycles. The van der Waals surface area contributed by atoms with Gasteiger partial charge >= 0.3 is 6.18 Å². The lowest BCUT2D eigenvalue weighted by Gasteiger charge is -2.42. The molecule has 1 amide bonds. The standard InChI is InChI=1S/C20H19Cl2F3N6O/c21-11-6-12(22)8-13(7-11)27-9-16(32)31-5-1-2-15(17(31)20(23,24)25)30-19-14-3-4-26-18(14)28-10-29-19/h3-4,6-8,10,15,17,27H,1-2,5,9H2,(H2,26,28,29,30)/t15-,17+/m1/s1. The lowest BCUT2D eigenvalue weighted by molar-refractivity contribution is -0.197. The number of alkyl halides is 3. The van der Waals surface area contributed by atoms with Crippen LogP contribution in [0.15, 0.2) is 36.8 Å². The Morgan fingerprint density at radius 2 is 1.97 bits per heavy atom. The van der Waals surface area contributed by atoms with Gasteiger partial charge in [0.25, 0.3) is 0 Å². The predicted octanol–water partition coefficient (Wildman–Crippen LogP) is 4.71. The van der Waals surface area contributed by atoms with Crippen LogP contribution in [0.4, 0.5) is 24.7 Å². The Labute approximate surface area is 191 Å². The number of rotatable bonds is 5. The number of aromatic nitrogens is 3. The molecule has 3 N–H and O–H groups in total. The van der Waals surface area contributed by atoms with Crippen LogP contribution in [0.1, 0.15) is 12.8 Å². The van der Waals surface area contributed by atoms with Gasteiger partial charge in [0.2, 0.25) is 5.91 Å². The van der Waals surface area contributed by atoms with Gasteiger partial charge in [0.1, 0.15) is 23.8 Å². The van der Waals surface area contributed by atoms with Crippen LogP contribution >= 0.6 is 23.2 Å². The van der Waals surface area contributed by atoms with Crippen LogP contribution in [0.5, 0.6) is 0 Å². The topological polar surface area (TPSA) is 85.9 Å². The molecular weight excluding hydrogens is 468 g/mol. The lowest BCUT2D eigenvalue weighted by Crippen LogP contribution is -2.61. The number of aromatic amines is 1. The van der Waals surface area contributed by atoms with Crippen molar-refractivity contribution in [3.63, 3.8) is 0 Å². The SMILES string of the molecule is O=C(CNc1cc(Cl)cc(Cl)c1)N1CCC[C@@H](Nc2ncnc3[nH]ccc23)[C@H]1C(F)(F)F. The lowest BCUT2D eigenvalue weighted by atomic mass is 9.95. The summed E-state index contributed by atoms with van der Waals surface area (Å²) in [6.45, 7) is -0.325. The molecule has 4 rings (SSSR count). The molecule has 1 aliphatic rings. The second-order valence-electron chi connectivity index (χ2n) is 7.44. The van der Waals surface area contributed by atoms with Crippen LogP contribution in [0, 0.1) is 0 Å². The molecule has 3 heterocycles. The minimum atomic E-state index is -4.63. The first-order valence-electron chi connectivity index (χ1n) is 9.83. The Hall–Kier alpha value is -2.72. The van der Waals surface area contributed by atoms with Gasteiger partial charge in [-0.3, -0.25) is 4.79 Å². The van der Waals surface area contributed by atoms with Gasteiger partial charge in [0.15, 0.2) is 0 Å². The molecule has 1 saturated heterocycles. The van der Waals surface area contributed by atoms with Crippen LogP contribution in [0.2, 0.25) is 10.0 Å². The molecule has 0 unspecified atom stereocenters. The summed E-state index contributed by atoms with van der Waals surface area (Å²) in [6.07, 6.45) is -1.06. The smallest absolute Gasteiger partial charge is 0.376 e. The van der Waals surface area contributed by atoms with Gasteiger partial charge in [-0.2, -0.15) is 13.2 Å². The van der Waals surface area contributed by atoms with Crippen LogP contribution < -0.4 is 10.6 Å². The largest absolute Gasteiger partial charge is 0.410 e. The highest BCUT2D eigenvalue weighted by atomic mass is 35.5. The summed E-state index contributed by atoms with van der Waals surface area (Å²) in [4.78, 5) is 24.7. The molecule has 0 radical (unpaired) electrons. The normalized spacial score (nSPS) is 19.2. The number of amides is 1. The van der Waals surface area contributed by atoms with Gasteiger partial charge in [-0.1, -0.05) is 23.2 Å². The zero-order valence-electron chi connectivity index (χ0n) is 16.6. The van der Waals surface area contributed by atoms with Crippen LogP contribution in [0.3, 0.4) is 0 Å². The maximum absolute atomic E-state index is 14.1. The Bertz CT molecular complexity index is 1100. The molecule has 0 bridgehead atoms. The number of nitrogens with zero attached hydrogens (tertiary/aromatic N) is 3. The fourth-order valence-corrected chi connectivity index (χ4v) is 4.46. The van der Waals surface area contributed by atoms with E-state index in [9.17, 15) is 18.0 Å². The number of fused-ring (bicyclic) bond motifs is 1. The van der Waals surface area contributed by atoms with Gasteiger partial charge in [-0.25, -0.2) is 9.97 Å². The molecule has 12 heteroatoms. The first-order valence-corrected chi connectivity index (χ1v) is 10.6. The first kappa shape index (κ1) is 22.5. The molecule has 3 aromatic rings. The Morgan fingerprint density at radius 3 is 2.69 bits per heavy atom. The van der Waals surface area contributed by atoms with Crippen molar-refractivity contribution in [3.8, 4) is 0 Å². The van der Waals surface area contributed by atoms with E-state index in [4.69, 9.17) is 23.2 Å². The van der Waals surface area contributed by atoms with E-state index in [0.29, 0.717) is 33.2 Å². The number of nitrogens with one attached hydrogen (secondary N) is 3. The number of hydrogen-bond donors (Lipinski definition) is 3. The van der Waals surface area contributed by atoms with E-state index in [2.05, 4.69) is 25.6 Å². The fourth-order valence-electron chi connectivity index (χ4n) is 3.93. The summed E-state index contributed by atoms with van der Waals surface area (Å²) in [5.41, 5.74) is 0.959. The van der Waals surface area contributed by atoms with Crippen LogP contribution in [-0.4, -0.2) is 57.1 Å². The fraction of sp³-hybridized carbons (Fsp3) is 0.350. The summed E-state index contributed by atoms with van der Waals surface area (Å²) in [6, 6.07) is 3.23. The van der Waals surface area contributed by atoms with Crippen LogP contribution in [-0.2, 0) is 4.79 Å². The summed E-state index contributed by atoms with van der Waals surface area (Å²) >= 11 is 11.9. The van der Waals surface area contributed by atoms with Gasteiger partial charge < -0.3 is 20.5 Å². The first-order chi connectivity index (χ1) is 15.2. The highest BCUT2D eigenvalue weighted by molar-refractivity contribution is 6.35. The van der Waals surface area contributed by atoms with Crippen molar-refractivity contribution in [2.75, 3.05) is 23.7 Å². The Balaban J connectivity index is 1.53. The van der Waals surface area contributed by atoms with E-state index in [1.807, 2.05) is 0 Å². The number of piperidine rings is 1. The molecular formula is C20H19Cl2F3N6O. The van der Waals surface area contributed by atoms with E-state index in [0.717, 1.165) is 4.90 Å². The quantitative estimate of drug-likeness (QED) is 0.486. The number of carbonyl (C=O) groups excluding carboxylic acids is 1. The van der Waals surface area contributed by atoms with E-state index in [-0.39, 0.29) is 25.3 Å². The van der Waals surface area contributed by atoms with Crippen molar-refractivity contribution in [2.24, 2.45) is 0 Å². The minimum absolute atomic E-state index is 0.00249. The highest BCUT2D eigenvalue weighted by Gasteiger charge is 2.51. The maximum atomic E-state index is 14.1. The number of benzene rings is 1. The van der Waals surface area contributed by atoms with E-state index in [1.165, 1.54) is 12.4 Å². The molecule has 170 valence electrons. The molecule has 2 aromatic heterocycles. The average molecular weight is 487 g/mol. The van der Waals surface area contributed by atoms with Gasteiger partial charge in [-0.05, 0) is 37.1 Å². The number of H-pyrrole nitrogens is 1. The van der Waals surface area contributed by atoms with E-state index >= 15 is 0 Å². The maximum Gasteiger partial charge on any atom is 0.410 e. The second-order valence-corrected chi connectivity index (χ2v) is 8.31. The average Bonchev–Trinajstić information content (AvgIpc) is 3.20. The number of anilines is 2. The number of hydrogen-bond acceptors (Lipinski definition) is 5. The third kappa shape index (κ3) is 4.86. The van der Waals surface area contributed by atoms with E-state index in [1.54, 1.807) is 24.4 Å². The monoisotopic (exact) mass is 486 g/mol.